The first-order chi connectivity index (χ1) is 14.3. The highest BCUT2D eigenvalue weighted by atomic mass is 16.3. The second-order valence-electron chi connectivity index (χ2n) is 8.60. The van der Waals surface area contributed by atoms with Crippen LogP contribution in [0.15, 0.2) is 22.6 Å². The summed E-state index contributed by atoms with van der Waals surface area (Å²) in [6, 6.07) is 6.00. The molecule has 1 aromatic carbocycles. The van der Waals surface area contributed by atoms with Crippen molar-refractivity contribution in [2.24, 2.45) is 0 Å². The van der Waals surface area contributed by atoms with Crippen LogP contribution in [0.25, 0.3) is 11.0 Å². The molecule has 7 nitrogen and oxygen atoms in total. The lowest BCUT2D eigenvalue weighted by molar-refractivity contribution is -0.131. The van der Waals surface area contributed by atoms with E-state index < -0.39 is 6.10 Å². The Balaban J connectivity index is 1.45. The average molecular weight is 414 g/mol. The summed E-state index contributed by atoms with van der Waals surface area (Å²) in [4.78, 5) is 30.7. The van der Waals surface area contributed by atoms with Crippen molar-refractivity contribution in [1.82, 2.24) is 14.7 Å². The lowest BCUT2D eigenvalue weighted by Gasteiger charge is -2.40. The molecule has 2 aliphatic heterocycles. The Morgan fingerprint density at radius 1 is 1.00 bits per heavy atom. The van der Waals surface area contributed by atoms with Crippen LogP contribution in [0, 0.1) is 13.8 Å². The van der Waals surface area contributed by atoms with Crippen molar-refractivity contribution in [1.29, 1.82) is 0 Å². The molecule has 2 fully saturated rings. The lowest BCUT2D eigenvalue weighted by atomic mass is 10.0. The molecular weight excluding hydrogens is 382 g/mol. The van der Waals surface area contributed by atoms with Gasteiger partial charge in [0.05, 0.1) is 6.10 Å². The van der Waals surface area contributed by atoms with Crippen LogP contribution in [0.5, 0.6) is 0 Å². The van der Waals surface area contributed by atoms with Crippen molar-refractivity contribution in [3.8, 4) is 0 Å². The zero-order valence-corrected chi connectivity index (χ0v) is 18.1. The molecule has 162 valence electrons. The van der Waals surface area contributed by atoms with Crippen LogP contribution in [0.4, 0.5) is 0 Å². The van der Waals surface area contributed by atoms with Gasteiger partial charge >= 0.3 is 0 Å². The number of hydrogen-bond donors (Lipinski definition) is 1. The fourth-order valence-corrected chi connectivity index (χ4v) is 4.75. The van der Waals surface area contributed by atoms with Gasteiger partial charge in [-0.1, -0.05) is 12.1 Å². The summed E-state index contributed by atoms with van der Waals surface area (Å²) in [5.74, 6) is 0.401. The summed E-state index contributed by atoms with van der Waals surface area (Å²) in [5, 5.41) is 11.7. The van der Waals surface area contributed by atoms with Crippen molar-refractivity contribution in [3.63, 3.8) is 0 Å². The first-order valence-electron chi connectivity index (χ1n) is 10.8. The summed E-state index contributed by atoms with van der Waals surface area (Å²) in [5.41, 5.74) is 2.71. The van der Waals surface area contributed by atoms with Gasteiger partial charge in [0.1, 0.15) is 5.58 Å². The third-order valence-electron chi connectivity index (χ3n) is 6.64. The Labute approximate surface area is 177 Å². The molecule has 1 N–H and O–H groups in total. The molecule has 2 saturated heterocycles. The molecule has 0 spiro atoms. The fourth-order valence-electron chi connectivity index (χ4n) is 4.75. The molecule has 0 radical (unpaired) electrons. The Kier molecular flexibility index (Phi) is 5.84. The second kappa shape index (κ2) is 8.40. The summed E-state index contributed by atoms with van der Waals surface area (Å²) in [6.07, 6.45) is 0.777. The number of furan rings is 1. The van der Waals surface area contributed by atoms with Gasteiger partial charge in [0.15, 0.2) is 5.76 Å². The predicted octanol–water partition coefficient (Wildman–Crippen LogP) is 2.18. The van der Waals surface area contributed by atoms with Crippen molar-refractivity contribution in [2.75, 3.05) is 39.3 Å². The Morgan fingerprint density at radius 3 is 2.40 bits per heavy atom. The van der Waals surface area contributed by atoms with Crippen molar-refractivity contribution in [2.45, 2.75) is 45.8 Å². The largest absolute Gasteiger partial charge is 0.451 e. The van der Waals surface area contributed by atoms with E-state index in [2.05, 4.69) is 4.90 Å². The number of fused-ring (bicyclic) bond motifs is 1. The second-order valence-corrected chi connectivity index (χ2v) is 8.60. The molecule has 3 heterocycles. The van der Waals surface area contributed by atoms with Gasteiger partial charge in [0, 0.05) is 63.2 Å². The van der Waals surface area contributed by atoms with E-state index in [0.717, 1.165) is 35.2 Å². The van der Waals surface area contributed by atoms with E-state index in [1.807, 2.05) is 41.8 Å². The molecule has 1 aromatic heterocycles. The number of carbonyl (C=O) groups excluding carboxylic acids is 2. The van der Waals surface area contributed by atoms with E-state index in [1.165, 1.54) is 0 Å². The molecule has 0 bridgehead atoms. The minimum Gasteiger partial charge on any atom is -0.451 e. The third kappa shape index (κ3) is 3.96. The summed E-state index contributed by atoms with van der Waals surface area (Å²) < 4.78 is 5.94. The highest BCUT2D eigenvalue weighted by Crippen LogP contribution is 2.28. The van der Waals surface area contributed by atoms with E-state index in [9.17, 15) is 14.7 Å². The number of aliphatic hydroxyl groups excluding tert-OH is 1. The molecule has 30 heavy (non-hydrogen) atoms. The van der Waals surface area contributed by atoms with Gasteiger partial charge in [-0.25, -0.2) is 0 Å². The Morgan fingerprint density at radius 2 is 1.70 bits per heavy atom. The summed E-state index contributed by atoms with van der Waals surface area (Å²) >= 11 is 0. The van der Waals surface area contributed by atoms with Crippen LogP contribution in [0.1, 0.15) is 41.4 Å². The zero-order valence-electron chi connectivity index (χ0n) is 18.1. The molecule has 2 aromatic rings. The fraction of sp³-hybridized carbons (Fsp3) is 0.565. The lowest BCUT2D eigenvalue weighted by Crippen LogP contribution is -2.54. The van der Waals surface area contributed by atoms with Crippen LogP contribution in [0.3, 0.4) is 0 Å². The maximum absolute atomic E-state index is 13.2. The SMILES string of the molecule is CC(=O)N1CCN([C@H]2CCN(C(=O)c3oc4cc(C)ccc4c3C)CC[C@@H]2O)CC1. The monoisotopic (exact) mass is 413 g/mol. The zero-order chi connectivity index (χ0) is 21.4. The van der Waals surface area contributed by atoms with Gasteiger partial charge in [0.25, 0.3) is 5.91 Å². The first-order valence-corrected chi connectivity index (χ1v) is 10.8. The van der Waals surface area contributed by atoms with Gasteiger partial charge in [-0.2, -0.15) is 0 Å². The molecule has 0 saturated carbocycles. The molecular formula is C23H31N3O4. The number of hydrogen-bond acceptors (Lipinski definition) is 5. The third-order valence-corrected chi connectivity index (χ3v) is 6.64. The number of amides is 2. The van der Waals surface area contributed by atoms with E-state index >= 15 is 0 Å². The van der Waals surface area contributed by atoms with E-state index in [1.54, 1.807) is 6.92 Å². The van der Waals surface area contributed by atoms with Gasteiger partial charge in [-0.15, -0.1) is 0 Å². The number of rotatable bonds is 2. The van der Waals surface area contributed by atoms with E-state index in [0.29, 0.717) is 44.8 Å². The number of benzene rings is 1. The normalized spacial score (nSPS) is 23.6. The van der Waals surface area contributed by atoms with Crippen LogP contribution >= 0.6 is 0 Å². The van der Waals surface area contributed by atoms with Gasteiger partial charge in [0.2, 0.25) is 5.91 Å². The average Bonchev–Trinajstić information content (AvgIpc) is 2.92. The number of carbonyl (C=O) groups is 2. The van der Waals surface area contributed by atoms with Gasteiger partial charge < -0.3 is 19.3 Å². The van der Waals surface area contributed by atoms with Crippen molar-refractivity contribution < 1.29 is 19.1 Å². The van der Waals surface area contributed by atoms with Crippen molar-refractivity contribution in [3.05, 3.63) is 35.1 Å². The minimum absolute atomic E-state index is 0.0105. The smallest absolute Gasteiger partial charge is 0.289 e. The standard InChI is InChI=1S/C23H31N3O4/c1-15-4-5-18-16(2)22(30-21(18)14-15)23(29)26-8-6-19(20(28)7-9-26)25-12-10-24(11-13-25)17(3)27/h4-5,14,19-20,28H,6-13H2,1-3H3/t19-,20-/m0/s1. The number of aryl methyl sites for hydroxylation is 2. The van der Waals surface area contributed by atoms with E-state index in [4.69, 9.17) is 4.42 Å². The summed E-state index contributed by atoms with van der Waals surface area (Å²) in [6.45, 7) is 9.54. The number of nitrogens with zero attached hydrogens (tertiary/aromatic N) is 3. The topological polar surface area (TPSA) is 77.2 Å². The Bertz CT molecular complexity index is 945. The minimum atomic E-state index is -0.480. The molecule has 2 atom stereocenters. The number of aliphatic hydroxyl groups is 1. The first kappa shape index (κ1) is 20.9. The maximum atomic E-state index is 13.2. The van der Waals surface area contributed by atoms with Gasteiger partial charge in [-0.05, 0) is 38.3 Å². The van der Waals surface area contributed by atoms with Crippen LogP contribution in [-0.4, -0.2) is 83.0 Å². The molecule has 2 amide bonds. The van der Waals surface area contributed by atoms with Crippen LogP contribution < -0.4 is 0 Å². The van der Waals surface area contributed by atoms with E-state index in [-0.39, 0.29) is 17.9 Å². The van der Waals surface area contributed by atoms with Crippen LogP contribution in [0.2, 0.25) is 0 Å². The number of piperazine rings is 1. The molecule has 2 aliphatic rings. The molecule has 0 unspecified atom stereocenters. The maximum Gasteiger partial charge on any atom is 0.289 e. The van der Waals surface area contributed by atoms with Crippen molar-refractivity contribution >= 4 is 22.8 Å². The molecule has 7 heteroatoms. The predicted molar refractivity (Wildman–Crippen MR) is 114 cm³/mol. The number of likely N-dealkylation sites (tertiary alicyclic amines) is 1. The molecule has 0 aliphatic carbocycles. The Hall–Kier alpha value is -2.38. The quantitative estimate of drug-likeness (QED) is 0.817. The van der Waals surface area contributed by atoms with Crippen LogP contribution in [-0.2, 0) is 4.79 Å². The molecule has 4 rings (SSSR count). The highest BCUT2D eigenvalue weighted by Gasteiger charge is 2.34. The van der Waals surface area contributed by atoms with Gasteiger partial charge in [-0.3, -0.25) is 14.5 Å². The summed E-state index contributed by atoms with van der Waals surface area (Å²) in [7, 11) is 0. The highest BCUT2D eigenvalue weighted by molar-refractivity contribution is 5.99.